The Labute approximate surface area is 214 Å². The molecule has 2 N–H and O–H groups in total. The number of benzene rings is 1. The van der Waals surface area contributed by atoms with Gasteiger partial charge in [-0.3, -0.25) is 0 Å². The number of aromatic nitrogens is 4. The number of ether oxygens (including phenoxy) is 3. The Morgan fingerprint density at radius 1 is 1.22 bits per heavy atom. The second-order valence-electron chi connectivity index (χ2n) is 10.3. The fourth-order valence-electron chi connectivity index (χ4n) is 4.67. The maximum absolute atomic E-state index is 12.9. The maximum atomic E-state index is 12.9. The minimum Gasteiger partial charge on any atom is -0.494 e. The summed E-state index contributed by atoms with van der Waals surface area (Å²) >= 11 is 0. The van der Waals surface area contributed by atoms with Crippen LogP contribution in [0.25, 0.3) is 33.6 Å². The molecule has 10 heteroatoms. The molecule has 1 aliphatic rings. The molecule has 0 saturated heterocycles. The molecule has 194 valence electrons. The van der Waals surface area contributed by atoms with Crippen molar-refractivity contribution in [2.45, 2.75) is 58.2 Å². The van der Waals surface area contributed by atoms with Crippen LogP contribution < -0.4 is 10.1 Å². The summed E-state index contributed by atoms with van der Waals surface area (Å²) < 4.78 is 18.6. The lowest BCUT2D eigenvalue weighted by atomic mass is 9.98. The van der Waals surface area contributed by atoms with Crippen molar-refractivity contribution in [3.63, 3.8) is 0 Å². The third-order valence-corrected chi connectivity index (χ3v) is 6.29. The van der Waals surface area contributed by atoms with Crippen molar-refractivity contribution in [3.8, 4) is 17.3 Å². The van der Waals surface area contributed by atoms with Gasteiger partial charge in [0, 0.05) is 23.2 Å². The van der Waals surface area contributed by atoms with Crippen molar-refractivity contribution >= 4 is 34.1 Å². The highest BCUT2D eigenvalue weighted by Gasteiger charge is 2.34. The molecule has 1 fully saturated rings. The highest BCUT2D eigenvalue weighted by atomic mass is 16.6. The Morgan fingerprint density at radius 3 is 2.59 bits per heavy atom. The SMILES string of the molecule is COC(=O)c1cc2nc(-c3cc4cccnc4[nH]3)n(C3CC3)c2c(OC)c1[C@@H](C)NC(=O)OC(C)(C)C. The average molecular weight is 506 g/mol. The summed E-state index contributed by atoms with van der Waals surface area (Å²) in [6, 6.07) is 7.22. The molecule has 0 unspecified atom stereocenters. The number of nitrogens with one attached hydrogen (secondary N) is 2. The van der Waals surface area contributed by atoms with E-state index in [2.05, 4.69) is 19.9 Å². The second kappa shape index (κ2) is 9.10. The number of amides is 1. The molecular formula is C27H31N5O5. The first-order valence-electron chi connectivity index (χ1n) is 12.3. The van der Waals surface area contributed by atoms with Gasteiger partial charge in [0.05, 0.1) is 37.0 Å². The summed E-state index contributed by atoms with van der Waals surface area (Å²) in [6.07, 6.45) is 3.14. The van der Waals surface area contributed by atoms with Crippen molar-refractivity contribution < 1.29 is 23.8 Å². The summed E-state index contributed by atoms with van der Waals surface area (Å²) in [6.45, 7) is 7.15. The normalized spacial score (nSPS) is 14.5. The number of carbonyl (C=O) groups is 2. The Balaban J connectivity index is 1.71. The highest BCUT2D eigenvalue weighted by Crippen LogP contribution is 2.46. The van der Waals surface area contributed by atoms with E-state index in [-0.39, 0.29) is 11.6 Å². The Morgan fingerprint density at radius 2 is 1.97 bits per heavy atom. The number of hydrogen-bond donors (Lipinski definition) is 2. The number of hydrogen-bond acceptors (Lipinski definition) is 7. The summed E-state index contributed by atoms with van der Waals surface area (Å²) in [7, 11) is 2.87. The second-order valence-corrected chi connectivity index (χ2v) is 10.3. The number of H-pyrrole nitrogens is 1. The van der Waals surface area contributed by atoms with Gasteiger partial charge < -0.3 is 29.1 Å². The molecule has 3 heterocycles. The number of esters is 1. The molecule has 4 aromatic rings. The van der Waals surface area contributed by atoms with Crippen molar-refractivity contribution in [3.05, 3.63) is 41.6 Å². The average Bonchev–Trinajstić information content (AvgIpc) is 3.46. The number of nitrogens with zero attached hydrogens (tertiary/aromatic N) is 3. The zero-order valence-electron chi connectivity index (χ0n) is 21.8. The van der Waals surface area contributed by atoms with Crippen LogP contribution in [-0.4, -0.2) is 51.4 Å². The molecule has 37 heavy (non-hydrogen) atoms. The van der Waals surface area contributed by atoms with Crippen LogP contribution in [0.2, 0.25) is 0 Å². The van der Waals surface area contributed by atoms with Crippen LogP contribution in [0.5, 0.6) is 5.75 Å². The van der Waals surface area contributed by atoms with Crippen molar-refractivity contribution in [1.82, 2.24) is 24.8 Å². The number of carbonyl (C=O) groups excluding carboxylic acids is 2. The monoisotopic (exact) mass is 505 g/mol. The molecule has 1 atom stereocenters. The van der Waals surface area contributed by atoms with Gasteiger partial charge in [0.25, 0.3) is 0 Å². The zero-order chi connectivity index (χ0) is 26.5. The van der Waals surface area contributed by atoms with Gasteiger partial charge in [0.15, 0.2) is 11.6 Å². The summed E-state index contributed by atoms with van der Waals surface area (Å²) in [5, 5.41) is 3.82. The number of alkyl carbamates (subject to hydrolysis) is 1. The molecule has 1 aromatic carbocycles. The first-order chi connectivity index (χ1) is 17.6. The smallest absolute Gasteiger partial charge is 0.408 e. The predicted octanol–water partition coefficient (Wildman–Crippen LogP) is 5.30. The largest absolute Gasteiger partial charge is 0.494 e. The van der Waals surface area contributed by atoms with Crippen LogP contribution in [0.4, 0.5) is 4.79 Å². The molecule has 3 aromatic heterocycles. The fourth-order valence-corrected chi connectivity index (χ4v) is 4.67. The molecule has 0 radical (unpaired) electrons. The summed E-state index contributed by atoms with van der Waals surface area (Å²) in [5.74, 6) is 0.640. The van der Waals surface area contributed by atoms with E-state index >= 15 is 0 Å². The van der Waals surface area contributed by atoms with Gasteiger partial charge in [-0.2, -0.15) is 0 Å². The summed E-state index contributed by atoms with van der Waals surface area (Å²) in [4.78, 5) is 38.2. The fraction of sp³-hybridized carbons (Fsp3) is 0.407. The van der Waals surface area contributed by atoms with E-state index in [4.69, 9.17) is 19.2 Å². The van der Waals surface area contributed by atoms with Gasteiger partial charge in [-0.15, -0.1) is 0 Å². The Hall–Kier alpha value is -4.08. The van der Waals surface area contributed by atoms with E-state index in [1.165, 1.54) is 7.11 Å². The van der Waals surface area contributed by atoms with Gasteiger partial charge in [-0.05, 0) is 64.8 Å². The molecule has 1 saturated carbocycles. The maximum Gasteiger partial charge on any atom is 0.408 e. The predicted molar refractivity (Wildman–Crippen MR) is 139 cm³/mol. The lowest BCUT2D eigenvalue weighted by Crippen LogP contribution is -2.34. The van der Waals surface area contributed by atoms with Crippen LogP contribution in [-0.2, 0) is 9.47 Å². The topological polar surface area (TPSA) is 120 Å². The molecular weight excluding hydrogens is 474 g/mol. The van der Waals surface area contributed by atoms with Crippen LogP contribution in [0.1, 0.15) is 68.5 Å². The number of rotatable bonds is 6. The molecule has 1 amide bonds. The molecule has 0 spiro atoms. The lowest BCUT2D eigenvalue weighted by molar-refractivity contribution is 0.0501. The third-order valence-electron chi connectivity index (χ3n) is 6.29. The molecule has 5 rings (SSSR count). The molecule has 10 nitrogen and oxygen atoms in total. The van der Waals surface area contributed by atoms with Gasteiger partial charge in [0.1, 0.15) is 16.8 Å². The van der Waals surface area contributed by atoms with Crippen LogP contribution in [0.15, 0.2) is 30.5 Å². The number of fused-ring (bicyclic) bond motifs is 2. The van der Waals surface area contributed by atoms with Crippen molar-refractivity contribution in [1.29, 1.82) is 0 Å². The van der Waals surface area contributed by atoms with Gasteiger partial charge in [-0.1, -0.05) is 0 Å². The third kappa shape index (κ3) is 4.59. The summed E-state index contributed by atoms with van der Waals surface area (Å²) in [5.41, 5.74) is 3.04. The number of pyridine rings is 1. The number of imidazole rings is 1. The zero-order valence-corrected chi connectivity index (χ0v) is 21.8. The van der Waals surface area contributed by atoms with Crippen molar-refractivity contribution in [2.24, 2.45) is 0 Å². The van der Waals surface area contributed by atoms with Gasteiger partial charge in [-0.25, -0.2) is 19.6 Å². The molecule has 0 bridgehead atoms. The minimum absolute atomic E-state index is 0.235. The van der Waals surface area contributed by atoms with Crippen LogP contribution >= 0.6 is 0 Å². The molecule has 1 aliphatic carbocycles. The quantitative estimate of drug-likeness (QED) is 0.341. The standard InChI is InChI=1S/C27H31N5O5/c1-14(29-26(34)37-27(2,3)4)20-17(25(33)36-6)13-18-21(22(20)35-5)32(16-9-10-16)24(31-18)19-12-15-8-7-11-28-23(15)30-19/h7-8,11-14,16H,9-10H2,1-6H3,(H,28,30)(H,29,34)/t14-/m1/s1. The van der Waals surface area contributed by atoms with Crippen molar-refractivity contribution in [2.75, 3.05) is 14.2 Å². The van der Waals surface area contributed by atoms with E-state index in [0.29, 0.717) is 16.8 Å². The van der Waals surface area contributed by atoms with Gasteiger partial charge >= 0.3 is 12.1 Å². The Kier molecular flexibility index (Phi) is 6.05. The van der Waals surface area contributed by atoms with E-state index in [0.717, 1.165) is 40.9 Å². The minimum atomic E-state index is -0.670. The molecule has 0 aliphatic heterocycles. The van der Waals surface area contributed by atoms with Crippen LogP contribution in [0.3, 0.4) is 0 Å². The number of aromatic amines is 1. The highest BCUT2D eigenvalue weighted by molar-refractivity contribution is 6.00. The van der Waals surface area contributed by atoms with E-state index in [9.17, 15) is 9.59 Å². The van der Waals surface area contributed by atoms with Crippen LogP contribution in [0, 0.1) is 0 Å². The van der Waals surface area contributed by atoms with E-state index in [1.54, 1.807) is 47.1 Å². The van der Waals surface area contributed by atoms with E-state index in [1.807, 2.05) is 18.2 Å². The number of methoxy groups -OCH3 is 2. The Bertz CT molecular complexity index is 1480. The lowest BCUT2D eigenvalue weighted by Gasteiger charge is -2.24. The first-order valence-corrected chi connectivity index (χ1v) is 12.3. The van der Waals surface area contributed by atoms with Gasteiger partial charge in [0.2, 0.25) is 0 Å². The van der Waals surface area contributed by atoms with E-state index < -0.39 is 23.7 Å². The first kappa shape index (κ1) is 24.6.